The fourth-order valence-electron chi connectivity index (χ4n) is 5.56. The molecule has 2 heterocycles. The predicted molar refractivity (Wildman–Crippen MR) is 146 cm³/mol. The third-order valence-corrected chi connectivity index (χ3v) is 9.34. The maximum Gasteiger partial charge on any atom is 0.362 e. The highest BCUT2D eigenvalue weighted by atomic mass is 32.2. The molecule has 2 aliphatic carbocycles. The topological polar surface area (TPSA) is 136 Å². The van der Waals surface area contributed by atoms with E-state index < -0.39 is 33.4 Å². The Bertz CT molecular complexity index is 1390. The van der Waals surface area contributed by atoms with Crippen molar-refractivity contribution in [3.63, 3.8) is 0 Å². The zero-order chi connectivity index (χ0) is 28.0. The molecule has 2 N–H and O–H groups in total. The van der Waals surface area contributed by atoms with Gasteiger partial charge in [-0.25, -0.2) is 13.9 Å². The SMILES string of the molecule is BN1C[C@H](Oc2nccc3cc(OC)ccc23)C[C@H]1C(=O)N[C@]1(C(=O)NS(=O)(=O)OC2(CC)CC2)C[C@H]1CC. The molecule has 4 atom stereocenters. The van der Waals surface area contributed by atoms with E-state index in [1.165, 1.54) is 0 Å². The average Bonchev–Trinajstić information content (AvgIpc) is 3.80. The first-order valence-corrected chi connectivity index (χ1v) is 14.8. The minimum absolute atomic E-state index is 0.159. The first-order valence-electron chi connectivity index (χ1n) is 13.4. The molecule has 0 spiro atoms. The summed E-state index contributed by atoms with van der Waals surface area (Å²) in [6, 6.07) is 6.97. The van der Waals surface area contributed by atoms with Gasteiger partial charge < -0.3 is 19.6 Å². The van der Waals surface area contributed by atoms with Crippen molar-refractivity contribution in [1.82, 2.24) is 19.8 Å². The monoisotopic (exact) mass is 558 g/mol. The number of aromatic nitrogens is 1. The van der Waals surface area contributed by atoms with Crippen LogP contribution in [0.25, 0.3) is 10.8 Å². The highest BCUT2D eigenvalue weighted by molar-refractivity contribution is 7.85. The number of nitrogens with one attached hydrogen (secondary N) is 2. The number of carbonyl (C=O) groups is 2. The van der Waals surface area contributed by atoms with Crippen LogP contribution in [0.4, 0.5) is 0 Å². The Kier molecular flexibility index (Phi) is 7.27. The highest BCUT2D eigenvalue weighted by Gasteiger charge is 2.62. The van der Waals surface area contributed by atoms with Crippen LogP contribution in [0.2, 0.25) is 0 Å². The van der Waals surface area contributed by atoms with Gasteiger partial charge in [-0.15, -0.1) is 0 Å². The molecule has 0 unspecified atom stereocenters. The number of pyridine rings is 1. The summed E-state index contributed by atoms with van der Waals surface area (Å²) < 4.78 is 44.0. The van der Waals surface area contributed by atoms with Gasteiger partial charge in [0.15, 0.2) is 7.98 Å². The number of hydrogen-bond acceptors (Lipinski definition) is 9. The highest BCUT2D eigenvalue weighted by Crippen LogP contribution is 2.47. The molecule has 1 aliphatic heterocycles. The van der Waals surface area contributed by atoms with Crippen LogP contribution in [0.3, 0.4) is 0 Å². The van der Waals surface area contributed by atoms with Crippen molar-refractivity contribution >= 4 is 40.9 Å². The second-order valence-electron chi connectivity index (χ2n) is 10.9. The van der Waals surface area contributed by atoms with Crippen molar-refractivity contribution < 1.29 is 31.7 Å². The van der Waals surface area contributed by atoms with Gasteiger partial charge in [0.05, 0.1) is 18.8 Å². The molecular formula is C26H35BN4O7S. The van der Waals surface area contributed by atoms with Gasteiger partial charge in [-0.2, -0.15) is 8.42 Å². The minimum atomic E-state index is -4.29. The molecule has 3 aliphatic rings. The van der Waals surface area contributed by atoms with Crippen molar-refractivity contribution in [2.24, 2.45) is 5.92 Å². The Morgan fingerprint density at radius 2 is 2.00 bits per heavy atom. The first-order chi connectivity index (χ1) is 18.5. The molecular weight excluding hydrogens is 523 g/mol. The van der Waals surface area contributed by atoms with Gasteiger partial charge in [-0.3, -0.25) is 9.59 Å². The first kappa shape index (κ1) is 27.7. The molecule has 11 nitrogen and oxygen atoms in total. The van der Waals surface area contributed by atoms with E-state index in [1.54, 1.807) is 13.3 Å². The molecule has 1 saturated heterocycles. The number of carbonyl (C=O) groups excluding carboxylic acids is 2. The fraction of sp³-hybridized carbons (Fsp3) is 0.577. The Balaban J connectivity index is 1.24. The van der Waals surface area contributed by atoms with Crippen LogP contribution >= 0.6 is 0 Å². The second-order valence-corrected chi connectivity index (χ2v) is 12.2. The fourth-order valence-corrected chi connectivity index (χ4v) is 6.76. The van der Waals surface area contributed by atoms with E-state index in [2.05, 4.69) is 15.0 Å². The number of rotatable bonds is 11. The lowest BCUT2D eigenvalue weighted by molar-refractivity contribution is -0.131. The minimum Gasteiger partial charge on any atom is -0.497 e. The van der Waals surface area contributed by atoms with Crippen molar-refractivity contribution in [1.29, 1.82) is 0 Å². The Morgan fingerprint density at radius 3 is 2.64 bits per heavy atom. The van der Waals surface area contributed by atoms with Crippen LogP contribution in [-0.4, -0.2) is 74.9 Å². The molecule has 210 valence electrons. The summed E-state index contributed by atoms with van der Waals surface area (Å²) in [7, 11) is -0.856. The largest absolute Gasteiger partial charge is 0.497 e. The number of nitrogens with zero attached hydrogens (tertiary/aromatic N) is 2. The zero-order valence-electron chi connectivity index (χ0n) is 22.7. The smallest absolute Gasteiger partial charge is 0.362 e. The summed E-state index contributed by atoms with van der Waals surface area (Å²) in [6.45, 7) is 4.25. The van der Waals surface area contributed by atoms with E-state index in [1.807, 2.05) is 50.9 Å². The Labute approximate surface area is 229 Å². The Hall–Kier alpha value is -2.90. The molecule has 1 aromatic heterocycles. The number of hydrogen-bond donors (Lipinski definition) is 2. The summed E-state index contributed by atoms with van der Waals surface area (Å²) in [6.07, 6.45) is 4.58. The van der Waals surface area contributed by atoms with Crippen molar-refractivity contribution in [2.75, 3.05) is 13.7 Å². The van der Waals surface area contributed by atoms with Gasteiger partial charge in [0, 0.05) is 24.5 Å². The van der Waals surface area contributed by atoms with Crippen LogP contribution in [0.5, 0.6) is 11.6 Å². The number of amides is 2. The third-order valence-electron chi connectivity index (χ3n) is 8.33. The van der Waals surface area contributed by atoms with E-state index in [9.17, 15) is 18.0 Å². The maximum atomic E-state index is 13.4. The van der Waals surface area contributed by atoms with Crippen molar-refractivity contribution in [2.45, 2.75) is 75.7 Å². The number of methoxy groups -OCH3 is 1. The molecule has 2 saturated carbocycles. The van der Waals surface area contributed by atoms with E-state index in [-0.39, 0.29) is 17.9 Å². The van der Waals surface area contributed by atoms with Crippen LogP contribution in [-0.2, 0) is 24.1 Å². The van der Waals surface area contributed by atoms with E-state index in [4.69, 9.17) is 13.7 Å². The standard InChI is InChI=1S/C26H35BN4O7S/c1-4-17-14-26(17,24(33)30-39(34,35)38-25(5-2)9-10-25)29-22(32)21-13-19(15-31(21)27)37-23-20-7-6-18(36-3)12-16(20)8-11-28-23/h6-8,11-12,17,19,21H,4-5,9-10,13-15,27H2,1-3H3,(H,29,32)(H,30,33)/t17-,19-,21+,26-/m1/s1. The summed E-state index contributed by atoms with van der Waals surface area (Å²) in [4.78, 5) is 32.9. The summed E-state index contributed by atoms with van der Waals surface area (Å²) in [5.74, 6) is -0.0377. The molecule has 3 fully saturated rings. The number of fused-ring (bicyclic) bond motifs is 1. The number of benzene rings is 1. The predicted octanol–water partition coefficient (Wildman–Crippen LogP) is 1.22. The van der Waals surface area contributed by atoms with Crippen LogP contribution in [0.15, 0.2) is 30.5 Å². The third kappa shape index (κ3) is 5.57. The van der Waals surface area contributed by atoms with Gasteiger partial charge in [0.25, 0.3) is 5.91 Å². The summed E-state index contributed by atoms with van der Waals surface area (Å²) in [5, 5.41) is 4.65. The molecule has 0 bridgehead atoms. The molecule has 39 heavy (non-hydrogen) atoms. The molecule has 0 radical (unpaired) electrons. The summed E-state index contributed by atoms with van der Waals surface area (Å²) >= 11 is 0. The van der Waals surface area contributed by atoms with Crippen molar-refractivity contribution in [3.05, 3.63) is 30.5 Å². The normalized spacial score (nSPS) is 27.6. The van der Waals surface area contributed by atoms with E-state index >= 15 is 0 Å². The average molecular weight is 558 g/mol. The lowest BCUT2D eigenvalue weighted by Gasteiger charge is -2.24. The molecule has 2 aromatic rings. The second kappa shape index (κ2) is 10.3. The lowest BCUT2D eigenvalue weighted by atomic mass is 10.1. The van der Waals surface area contributed by atoms with Gasteiger partial charge in [0.2, 0.25) is 11.8 Å². The molecule has 13 heteroatoms. The maximum absolute atomic E-state index is 13.4. The molecule has 2 amide bonds. The van der Waals surface area contributed by atoms with Crippen LogP contribution in [0, 0.1) is 5.92 Å². The van der Waals surface area contributed by atoms with Crippen molar-refractivity contribution in [3.8, 4) is 11.6 Å². The van der Waals surface area contributed by atoms with Crippen LogP contribution in [0.1, 0.15) is 52.4 Å². The van der Waals surface area contributed by atoms with Gasteiger partial charge in [-0.1, -0.05) is 20.3 Å². The van der Waals surface area contributed by atoms with Gasteiger partial charge in [0.1, 0.15) is 17.4 Å². The van der Waals surface area contributed by atoms with E-state index in [0.29, 0.717) is 50.9 Å². The van der Waals surface area contributed by atoms with Gasteiger partial charge in [-0.05, 0) is 61.3 Å². The molecule has 5 rings (SSSR count). The molecule has 1 aromatic carbocycles. The quantitative estimate of drug-likeness (QED) is 0.390. The van der Waals surface area contributed by atoms with E-state index in [0.717, 1.165) is 16.5 Å². The Morgan fingerprint density at radius 1 is 1.23 bits per heavy atom. The summed E-state index contributed by atoms with van der Waals surface area (Å²) in [5.41, 5.74) is -2.00. The van der Waals surface area contributed by atoms with Crippen LogP contribution < -0.4 is 19.5 Å². The number of ether oxygens (including phenoxy) is 2. The lowest BCUT2D eigenvalue weighted by Crippen LogP contribution is -2.56. The zero-order valence-corrected chi connectivity index (χ0v) is 23.5. The van der Waals surface area contributed by atoms with Gasteiger partial charge >= 0.3 is 10.3 Å².